The van der Waals surface area contributed by atoms with Crippen LogP contribution in [0.25, 0.3) is 0 Å². The lowest BCUT2D eigenvalue weighted by Crippen LogP contribution is -2.46. The molecule has 1 fully saturated rings. The zero-order valence-corrected chi connectivity index (χ0v) is 16.2. The number of methoxy groups -OCH3 is 1. The molecule has 1 aliphatic rings. The van der Waals surface area contributed by atoms with E-state index >= 15 is 0 Å². The first-order chi connectivity index (χ1) is 11.6. The highest BCUT2D eigenvalue weighted by Crippen LogP contribution is 2.27. The van der Waals surface area contributed by atoms with Gasteiger partial charge in [0.25, 0.3) is 0 Å². The van der Waals surface area contributed by atoms with Gasteiger partial charge >= 0.3 is 0 Å². The van der Waals surface area contributed by atoms with Crippen LogP contribution < -0.4 is 4.74 Å². The van der Waals surface area contributed by atoms with E-state index in [0.29, 0.717) is 12.8 Å². The number of sulfonamides is 1. The normalized spacial score (nSPS) is 20.0. The van der Waals surface area contributed by atoms with Crippen molar-refractivity contribution in [3.05, 3.63) is 24.0 Å². The van der Waals surface area contributed by atoms with Gasteiger partial charge in [-0.1, -0.05) is 13.8 Å². The highest BCUT2D eigenvalue weighted by molar-refractivity contribution is 7.92. The molecule has 0 bridgehead atoms. The van der Waals surface area contributed by atoms with Crippen LogP contribution in [0, 0.1) is 11.7 Å². The van der Waals surface area contributed by atoms with Crippen LogP contribution >= 0.6 is 0 Å². The summed E-state index contributed by atoms with van der Waals surface area (Å²) in [4.78, 5) is -0.201. The van der Waals surface area contributed by atoms with E-state index < -0.39 is 30.9 Å². The van der Waals surface area contributed by atoms with Gasteiger partial charge in [-0.15, -0.1) is 0 Å². The van der Waals surface area contributed by atoms with Crippen LogP contribution in [0.5, 0.6) is 5.75 Å². The number of piperidine rings is 1. The van der Waals surface area contributed by atoms with Crippen molar-refractivity contribution in [2.24, 2.45) is 5.92 Å². The Labute approximate surface area is 149 Å². The average molecular weight is 394 g/mol. The first-order valence-electron chi connectivity index (χ1n) is 8.13. The summed E-state index contributed by atoms with van der Waals surface area (Å²) < 4.78 is 70.2. The smallest absolute Gasteiger partial charge is 0.243 e. The minimum absolute atomic E-state index is 0.0207. The summed E-state index contributed by atoms with van der Waals surface area (Å²) in [5, 5.41) is -0.721. The lowest BCUT2D eigenvalue weighted by molar-refractivity contribution is 0.345. The van der Waals surface area contributed by atoms with Gasteiger partial charge in [-0.3, -0.25) is 0 Å². The Kier molecular flexibility index (Phi) is 6.11. The Bertz CT molecular complexity index is 821. The van der Waals surface area contributed by atoms with Crippen LogP contribution in [0.1, 0.15) is 26.7 Å². The quantitative estimate of drug-likeness (QED) is 0.739. The maximum atomic E-state index is 13.9. The van der Waals surface area contributed by atoms with Crippen LogP contribution in [-0.2, 0) is 19.9 Å². The third kappa shape index (κ3) is 4.51. The molecule has 0 radical (unpaired) electrons. The molecule has 1 atom stereocenters. The van der Waals surface area contributed by atoms with E-state index in [-0.39, 0.29) is 35.4 Å². The topological polar surface area (TPSA) is 80.8 Å². The zero-order valence-electron chi connectivity index (χ0n) is 14.6. The number of hydrogen-bond acceptors (Lipinski definition) is 5. The number of benzene rings is 1. The lowest BCUT2D eigenvalue weighted by atomic mass is 10.2. The summed E-state index contributed by atoms with van der Waals surface area (Å²) in [6, 6.07) is 3.42. The van der Waals surface area contributed by atoms with Gasteiger partial charge in [0.2, 0.25) is 10.0 Å². The minimum atomic E-state index is -3.96. The molecule has 0 saturated carbocycles. The first kappa shape index (κ1) is 20.1. The van der Waals surface area contributed by atoms with Gasteiger partial charge in [0, 0.05) is 13.1 Å². The Balaban J connectivity index is 2.26. The third-order valence-electron chi connectivity index (χ3n) is 4.18. The molecule has 0 amide bonds. The van der Waals surface area contributed by atoms with Crippen molar-refractivity contribution in [1.82, 2.24) is 4.31 Å². The number of sulfone groups is 1. The number of nitrogens with zero attached hydrogens (tertiary/aromatic N) is 1. The monoisotopic (exact) mass is 393 g/mol. The summed E-state index contributed by atoms with van der Waals surface area (Å²) in [6.45, 7) is 3.76. The molecule has 0 N–H and O–H groups in total. The molecule has 0 aromatic heterocycles. The number of hydrogen-bond donors (Lipinski definition) is 0. The molecule has 25 heavy (non-hydrogen) atoms. The number of rotatable bonds is 6. The van der Waals surface area contributed by atoms with E-state index in [1.165, 1.54) is 19.2 Å². The summed E-state index contributed by atoms with van der Waals surface area (Å²) in [5.41, 5.74) is 0. The molecule has 6 nitrogen and oxygen atoms in total. The molecule has 1 aromatic carbocycles. The van der Waals surface area contributed by atoms with Crippen molar-refractivity contribution < 1.29 is 26.0 Å². The molecule has 1 aromatic rings. The van der Waals surface area contributed by atoms with E-state index in [0.717, 1.165) is 10.4 Å². The van der Waals surface area contributed by atoms with Gasteiger partial charge in [0.15, 0.2) is 21.4 Å². The molecule has 2 rings (SSSR count). The predicted molar refractivity (Wildman–Crippen MR) is 93.4 cm³/mol. The molecule has 1 unspecified atom stereocenters. The van der Waals surface area contributed by atoms with E-state index in [1.54, 1.807) is 0 Å². The summed E-state index contributed by atoms with van der Waals surface area (Å²) >= 11 is 0. The molecule has 1 aliphatic heterocycles. The van der Waals surface area contributed by atoms with E-state index in [1.807, 2.05) is 13.8 Å². The first-order valence-corrected chi connectivity index (χ1v) is 11.3. The van der Waals surface area contributed by atoms with Gasteiger partial charge in [0.1, 0.15) is 0 Å². The van der Waals surface area contributed by atoms with E-state index in [2.05, 4.69) is 0 Å². The van der Waals surface area contributed by atoms with Crippen LogP contribution in [-0.4, -0.2) is 52.3 Å². The SMILES string of the molecule is COc1ccc(S(=O)(=O)N2CCCC(S(=O)(=O)CC(C)C)C2)cc1F. The fourth-order valence-corrected chi connectivity index (χ4v) is 6.74. The molecule has 9 heteroatoms. The van der Waals surface area contributed by atoms with Crippen LogP contribution in [0.3, 0.4) is 0 Å². The van der Waals surface area contributed by atoms with Gasteiger partial charge < -0.3 is 4.74 Å². The van der Waals surface area contributed by atoms with Crippen molar-refractivity contribution in [2.75, 3.05) is 26.0 Å². The molecular weight excluding hydrogens is 369 g/mol. The largest absolute Gasteiger partial charge is 0.494 e. The van der Waals surface area contributed by atoms with Crippen molar-refractivity contribution in [1.29, 1.82) is 0 Å². The summed E-state index contributed by atoms with van der Waals surface area (Å²) in [6.07, 6.45) is 0.901. The molecule has 1 heterocycles. The van der Waals surface area contributed by atoms with E-state index in [4.69, 9.17) is 4.74 Å². The maximum Gasteiger partial charge on any atom is 0.243 e. The fourth-order valence-electron chi connectivity index (χ4n) is 2.97. The number of halogens is 1. The molecule has 0 aliphatic carbocycles. The van der Waals surface area contributed by atoms with Crippen molar-refractivity contribution in [3.63, 3.8) is 0 Å². The second-order valence-electron chi connectivity index (χ2n) is 6.65. The lowest BCUT2D eigenvalue weighted by Gasteiger charge is -2.32. The Morgan fingerprint density at radius 1 is 1.28 bits per heavy atom. The number of ether oxygens (including phenoxy) is 1. The van der Waals surface area contributed by atoms with Gasteiger partial charge in [0.05, 0.1) is 23.0 Å². The van der Waals surface area contributed by atoms with Gasteiger partial charge in [-0.25, -0.2) is 21.2 Å². The molecule has 142 valence electrons. The summed E-state index contributed by atoms with van der Waals surface area (Å²) in [5.74, 6) is -0.810. The second kappa shape index (κ2) is 7.59. The van der Waals surface area contributed by atoms with Gasteiger partial charge in [-0.2, -0.15) is 4.31 Å². The third-order valence-corrected chi connectivity index (χ3v) is 8.57. The highest BCUT2D eigenvalue weighted by atomic mass is 32.2. The standard InChI is InChI=1S/C16H24FNO5S2/c1-12(2)11-24(19,20)14-5-4-8-18(10-14)25(21,22)13-6-7-16(23-3)15(17)9-13/h6-7,9,12,14H,4-5,8,10-11H2,1-3H3. The Morgan fingerprint density at radius 3 is 2.52 bits per heavy atom. The zero-order chi connectivity index (χ0) is 18.8. The molecule has 1 saturated heterocycles. The van der Waals surface area contributed by atoms with E-state index in [9.17, 15) is 21.2 Å². The second-order valence-corrected chi connectivity index (χ2v) is 10.9. The Hall–Kier alpha value is -1.19. The average Bonchev–Trinajstić information content (AvgIpc) is 2.53. The maximum absolute atomic E-state index is 13.9. The minimum Gasteiger partial charge on any atom is -0.494 e. The molecule has 0 spiro atoms. The van der Waals surface area contributed by atoms with Crippen LogP contribution in [0.2, 0.25) is 0 Å². The Morgan fingerprint density at radius 2 is 1.96 bits per heavy atom. The van der Waals surface area contributed by atoms with Crippen molar-refractivity contribution in [3.8, 4) is 5.75 Å². The summed E-state index contributed by atoms with van der Waals surface area (Å²) in [7, 11) is -6.04. The molecular formula is C16H24FNO5S2. The fraction of sp³-hybridized carbons (Fsp3) is 0.625. The highest BCUT2D eigenvalue weighted by Gasteiger charge is 2.36. The van der Waals surface area contributed by atoms with Gasteiger partial charge in [-0.05, 0) is 37.0 Å². The van der Waals surface area contributed by atoms with Crippen LogP contribution in [0.4, 0.5) is 4.39 Å². The predicted octanol–water partition coefficient (Wildman–Crippen LogP) is 2.06. The van der Waals surface area contributed by atoms with Crippen molar-refractivity contribution in [2.45, 2.75) is 36.8 Å². The van der Waals surface area contributed by atoms with Crippen LogP contribution in [0.15, 0.2) is 23.1 Å². The van der Waals surface area contributed by atoms with Crippen molar-refractivity contribution >= 4 is 19.9 Å².